The lowest BCUT2D eigenvalue weighted by Gasteiger charge is -2.61. The molecule has 3 saturated carbocycles. The molecule has 1 aliphatic heterocycles. The molecule has 0 radical (unpaired) electrons. The van der Waals surface area contributed by atoms with Crippen LogP contribution in [0.5, 0.6) is 0 Å². The smallest absolute Gasteiger partial charge is 0.222 e. The minimum absolute atomic E-state index is 0.320. The molecular formula is C21H32N2O. The fraction of sp³-hybridized carbons (Fsp3) is 0.905. The van der Waals surface area contributed by atoms with Crippen LogP contribution < -0.4 is 0 Å². The normalized spacial score (nSPS) is 50.7. The van der Waals surface area contributed by atoms with Crippen molar-refractivity contribution in [3.05, 3.63) is 0 Å². The first-order valence-electron chi connectivity index (χ1n) is 10.0. The van der Waals surface area contributed by atoms with Gasteiger partial charge in [0.05, 0.1) is 6.07 Å². The zero-order chi connectivity index (χ0) is 17.1. The molecule has 1 amide bonds. The monoisotopic (exact) mass is 328 g/mol. The SMILES string of the molecule is CN1C(=O)CC[C@]2(C)[C@H]3CC[C@]4(C)[C@@H](CC#N)CC[C@H]4[C@@H]3CC[C@@H]12. The van der Waals surface area contributed by atoms with E-state index in [9.17, 15) is 10.1 Å². The molecular weight excluding hydrogens is 296 g/mol. The Kier molecular flexibility index (Phi) is 3.75. The van der Waals surface area contributed by atoms with Gasteiger partial charge in [-0.2, -0.15) is 5.26 Å². The summed E-state index contributed by atoms with van der Waals surface area (Å²) in [5.41, 5.74) is 0.719. The first-order chi connectivity index (χ1) is 11.4. The zero-order valence-corrected chi connectivity index (χ0v) is 15.6. The van der Waals surface area contributed by atoms with E-state index in [1.807, 2.05) is 7.05 Å². The van der Waals surface area contributed by atoms with Crippen molar-refractivity contribution in [2.24, 2.45) is 34.5 Å². The lowest BCUT2D eigenvalue weighted by Crippen LogP contribution is -2.61. The van der Waals surface area contributed by atoms with Crippen molar-refractivity contribution < 1.29 is 4.79 Å². The highest BCUT2D eigenvalue weighted by Crippen LogP contribution is 2.66. The molecule has 1 saturated heterocycles. The third kappa shape index (κ3) is 2.04. The van der Waals surface area contributed by atoms with Crippen LogP contribution in [0.4, 0.5) is 0 Å². The molecule has 1 heterocycles. The molecule has 7 atom stereocenters. The van der Waals surface area contributed by atoms with Crippen LogP contribution in [-0.2, 0) is 4.79 Å². The number of carbonyl (C=O) groups is 1. The van der Waals surface area contributed by atoms with Gasteiger partial charge in [0.25, 0.3) is 0 Å². The predicted molar refractivity (Wildman–Crippen MR) is 93.9 cm³/mol. The van der Waals surface area contributed by atoms with Gasteiger partial charge in [0, 0.05) is 25.9 Å². The first-order valence-corrected chi connectivity index (χ1v) is 10.0. The van der Waals surface area contributed by atoms with Gasteiger partial charge in [-0.3, -0.25) is 4.79 Å². The Labute approximate surface area is 146 Å². The number of likely N-dealkylation sites (tertiary alicyclic amines) is 1. The van der Waals surface area contributed by atoms with E-state index in [0.717, 1.165) is 37.0 Å². The molecule has 0 spiro atoms. The van der Waals surface area contributed by atoms with E-state index in [0.29, 0.717) is 28.7 Å². The lowest BCUT2D eigenvalue weighted by molar-refractivity contribution is -0.158. The van der Waals surface area contributed by atoms with Crippen LogP contribution in [0.25, 0.3) is 0 Å². The van der Waals surface area contributed by atoms with Gasteiger partial charge in [0.2, 0.25) is 5.91 Å². The maximum absolute atomic E-state index is 12.2. The van der Waals surface area contributed by atoms with Crippen LogP contribution >= 0.6 is 0 Å². The van der Waals surface area contributed by atoms with E-state index in [4.69, 9.17) is 0 Å². The van der Waals surface area contributed by atoms with E-state index in [1.165, 1.54) is 38.5 Å². The number of carbonyl (C=O) groups excluding carboxylic acids is 1. The van der Waals surface area contributed by atoms with E-state index in [-0.39, 0.29) is 0 Å². The summed E-state index contributed by atoms with van der Waals surface area (Å²) >= 11 is 0. The maximum atomic E-state index is 12.2. The molecule has 3 aliphatic carbocycles. The highest BCUT2D eigenvalue weighted by atomic mass is 16.2. The molecule has 4 aliphatic rings. The Morgan fingerprint density at radius 2 is 1.83 bits per heavy atom. The third-order valence-corrected chi connectivity index (χ3v) is 9.09. The molecule has 0 unspecified atom stereocenters. The van der Waals surface area contributed by atoms with Crippen molar-refractivity contribution in [3.63, 3.8) is 0 Å². The molecule has 24 heavy (non-hydrogen) atoms. The van der Waals surface area contributed by atoms with Crippen LogP contribution in [-0.4, -0.2) is 23.9 Å². The molecule has 3 heteroatoms. The molecule has 0 aromatic rings. The van der Waals surface area contributed by atoms with Gasteiger partial charge in [-0.25, -0.2) is 0 Å². The van der Waals surface area contributed by atoms with Gasteiger partial charge in [-0.05, 0) is 79.4 Å². The van der Waals surface area contributed by atoms with E-state index in [2.05, 4.69) is 24.8 Å². The van der Waals surface area contributed by atoms with E-state index in [1.54, 1.807) is 0 Å². The van der Waals surface area contributed by atoms with Gasteiger partial charge in [0.15, 0.2) is 0 Å². The minimum Gasteiger partial charge on any atom is -0.342 e. The van der Waals surface area contributed by atoms with Crippen LogP contribution in [0.2, 0.25) is 0 Å². The number of nitrogens with zero attached hydrogens (tertiary/aromatic N) is 2. The van der Waals surface area contributed by atoms with E-state index >= 15 is 0 Å². The Bertz CT molecular complexity index is 581. The Morgan fingerprint density at radius 3 is 2.58 bits per heavy atom. The average Bonchev–Trinajstić information content (AvgIpc) is 2.89. The van der Waals surface area contributed by atoms with Gasteiger partial charge in [-0.15, -0.1) is 0 Å². The van der Waals surface area contributed by atoms with Gasteiger partial charge >= 0.3 is 0 Å². The van der Waals surface area contributed by atoms with Crippen LogP contribution in [0.1, 0.15) is 71.6 Å². The van der Waals surface area contributed by atoms with Gasteiger partial charge in [0.1, 0.15) is 0 Å². The summed E-state index contributed by atoms with van der Waals surface area (Å²) in [5.74, 6) is 3.40. The first kappa shape index (κ1) is 16.4. The van der Waals surface area contributed by atoms with Crippen molar-refractivity contribution in [1.82, 2.24) is 4.90 Å². The number of hydrogen-bond donors (Lipinski definition) is 0. The maximum Gasteiger partial charge on any atom is 0.222 e. The van der Waals surface area contributed by atoms with Gasteiger partial charge in [-0.1, -0.05) is 13.8 Å². The van der Waals surface area contributed by atoms with Crippen LogP contribution in [0, 0.1) is 45.8 Å². The molecule has 4 rings (SSSR count). The summed E-state index contributed by atoms with van der Waals surface area (Å²) in [5, 5.41) is 9.23. The Morgan fingerprint density at radius 1 is 1.08 bits per heavy atom. The zero-order valence-electron chi connectivity index (χ0n) is 15.6. The fourth-order valence-corrected chi connectivity index (χ4v) is 7.70. The molecule has 0 aromatic heterocycles. The summed E-state index contributed by atoms with van der Waals surface area (Å²) in [6, 6.07) is 2.92. The topological polar surface area (TPSA) is 44.1 Å². The number of rotatable bonds is 1. The quantitative estimate of drug-likeness (QED) is 0.717. The van der Waals surface area contributed by atoms with Gasteiger partial charge < -0.3 is 4.90 Å². The Balaban J connectivity index is 1.62. The number of amides is 1. The third-order valence-electron chi connectivity index (χ3n) is 9.09. The number of piperidine rings is 1. The lowest BCUT2D eigenvalue weighted by atomic mass is 9.47. The molecule has 132 valence electrons. The molecule has 3 nitrogen and oxygen atoms in total. The van der Waals surface area contributed by atoms with Crippen molar-refractivity contribution >= 4 is 5.91 Å². The fourth-order valence-electron chi connectivity index (χ4n) is 7.70. The van der Waals surface area contributed by atoms with E-state index < -0.39 is 0 Å². The second-order valence-corrected chi connectivity index (χ2v) is 9.66. The standard InChI is InChI=1S/C21H32N2O/c1-20-11-8-17-15(16(20)6-4-14(20)10-13-22)5-7-18-21(17,2)12-9-19(24)23(18)3/h14-18H,4-12H2,1-3H3/t14-,15+,16+,17+,18-,20-,21-/m1/s1. The van der Waals surface area contributed by atoms with Crippen molar-refractivity contribution in [3.8, 4) is 6.07 Å². The summed E-state index contributed by atoms with van der Waals surface area (Å²) in [6.07, 6.45) is 10.3. The molecule has 0 bridgehead atoms. The molecule has 0 aromatic carbocycles. The van der Waals surface area contributed by atoms with Crippen LogP contribution in [0.15, 0.2) is 0 Å². The largest absolute Gasteiger partial charge is 0.342 e. The second kappa shape index (κ2) is 5.48. The van der Waals surface area contributed by atoms with Crippen molar-refractivity contribution in [2.75, 3.05) is 7.05 Å². The van der Waals surface area contributed by atoms with Crippen molar-refractivity contribution in [1.29, 1.82) is 5.26 Å². The Hall–Kier alpha value is -1.04. The summed E-state index contributed by atoms with van der Waals surface area (Å²) < 4.78 is 0. The number of hydrogen-bond acceptors (Lipinski definition) is 2. The average molecular weight is 329 g/mol. The second-order valence-electron chi connectivity index (χ2n) is 9.66. The summed E-state index contributed by atoms with van der Waals surface area (Å²) in [6.45, 7) is 4.98. The summed E-state index contributed by atoms with van der Waals surface area (Å²) in [4.78, 5) is 14.3. The highest BCUT2D eigenvalue weighted by molar-refractivity contribution is 5.77. The summed E-state index contributed by atoms with van der Waals surface area (Å²) in [7, 11) is 2.04. The highest BCUT2D eigenvalue weighted by Gasteiger charge is 2.60. The molecule has 4 fully saturated rings. The molecule has 0 N–H and O–H groups in total. The van der Waals surface area contributed by atoms with Crippen LogP contribution in [0.3, 0.4) is 0 Å². The minimum atomic E-state index is 0.320. The predicted octanol–water partition coefficient (Wildman–Crippen LogP) is 4.38. The number of nitriles is 1. The number of fused-ring (bicyclic) bond motifs is 5. The van der Waals surface area contributed by atoms with Crippen molar-refractivity contribution in [2.45, 2.75) is 77.7 Å².